The molecule has 0 N–H and O–H groups in total. The molecule has 0 saturated heterocycles. The highest BCUT2D eigenvalue weighted by atomic mass is 19.1. The second kappa shape index (κ2) is 9.52. The summed E-state index contributed by atoms with van der Waals surface area (Å²) < 4.78 is 25.4. The van der Waals surface area contributed by atoms with E-state index in [1.165, 1.54) is 25.3 Å². The standard InChI is InChI=1S/C23H19FN2O4/c1-29-22-9-7-16(13-19(22)24)8-10-23(28)30-15-21(27)18-14-26(12-4-11-25)20-6-3-2-5-17(18)20/h2-3,5-10,13-14H,4,12,15H2,1H3/b10-8+. The predicted octanol–water partition coefficient (Wildman–Crippen LogP) is 4.14. The number of Topliss-reactive ketones (excluding diaryl/α,β-unsaturated/α-hetero) is 1. The van der Waals surface area contributed by atoms with Gasteiger partial charge in [0, 0.05) is 35.3 Å². The molecule has 0 aliphatic heterocycles. The second-order valence-corrected chi connectivity index (χ2v) is 6.42. The number of hydrogen-bond donors (Lipinski definition) is 0. The molecule has 7 heteroatoms. The van der Waals surface area contributed by atoms with Gasteiger partial charge < -0.3 is 14.0 Å². The smallest absolute Gasteiger partial charge is 0.331 e. The Bertz CT molecular complexity index is 1160. The Labute approximate surface area is 172 Å². The number of ether oxygens (including phenoxy) is 2. The molecule has 6 nitrogen and oxygen atoms in total. The molecule has 0 saturated carbocycles. The molecule has 0 radical (unpaired) electrons. The third kappa shape index (κ3) is 4.73. The molecule has 3 rings (SSSR count). The van der Waals surface area contributed by atoms with Crippen LogP contribution in [0.25, 0.3) is 17.0 Å². The van der Waals surface area contributed by atoms with Gasteiger partial charge in [-0.1, -0.05) is 24.3 Å². The van der Waals surface area contributed by atoms with Gasteiger partial charge in [0.15, 0.2) is 18.2 Å². The molecule has 0 amide bonds. The van der Waals surface area contributed by atoms with E-state index in [2.05, 4.69) is 6.07 Å². The molecule has 1 heterocycles. The van der Waals surface area contributed by atoms with Gasteiger partial charge in [0.25, 0.3) is 0 Å². The van der Waals surface area contributed by atoms with Crippen LogP contribution >= 0.6 is 0 Å². The van der Waals surface area contributed by atoms with Crippen molar-refractivity contribution in [3.63, 3.8) is 0 Å². The van der Waals surface area contributed by atoms with Gasteiger partial charge in [-0.25, -0.2) is 9.18 Å². The van der Waals surface area contributed by atoms with Crippen LogP contribution in [0.2, 0.25) is 0 Å². The van der Waals surface area contributed by atoms with Crippen LogP contribution in [0.15, 0.2) is 54.7 Å². The molecule has 0 spiro atoms. The lowest BCUT2D eigenvalue weighted by molar-refractivity contribution is -0.136. The molecular formula is C23H19FN2O4. The summed E-state index contributed by atoms with van der Waals surface area (Å²) in [5.74, 6) is -1.50. The molecule has 30 heavy (non-hydrogen) atoms. The molecule has 152 valence electrons. The van der Waals surface area contributed by atoms with Crippen LogP contribution in [0.1, 0.15) is 22.3 Å². The molecule has 3 aromatic rings. The molecule has 2 aromatic carbocycles. The van der Waals surface area contributed by atoms with E-state index in [9.17, 15) is 14.0 Å². The van der Waals surface area contributed by atoms with Crippen molar-refractivity contribution in [1.82, 2.24) is 4.57 Å². The van der Waals surface area contributed by atoms with Crippen LogP contribution in [0, 0.1) is 17.1 Å². The van der Waals surface area contributed by atoms with E-state index in [1.807, 2.05) is 28.8 Å². The maximum atomic E-state index is 13.7. The first-order valence-corrected chi connectivity index (χ1v) is 9.20. The summed E-state index contributed by atoms with van der Waals surface area (Å²) in [4.78, 5) is 24.5. The fraction of sp³-hybridized carbons (Fsp3) is 0.174. The number of benzene rings is 2. The van der Waals surface area contributed by atoms with Gasteiger partial charge in [0.2, 0.25) is 5.78 Å². The number of para-hydroxylation sites is 1. The highest BCUT2D eigenvalue weighted by molar-refractivity contribution is 6.09. The van der Waals surface area contributed by atoms with E-state index >= 15 is 0 Å². The zero-order valence-electron chi connectivity index (χ0n) is 16.3. The second-order valence-electron chi connectivity index (χ2n) is 6.42. The quantitative estimate of drug-likeness (QED) is 0.319. The summed E-state index contributed by atoms with van der Waals surface area (Å²) >= 11 is 0. The van der Waals surface area contributed by atoms with Gasteiger partial charge in [0.05, 0.1) is 19.6 Å². The summed E-state index contributed by atoms with van der Waals surface area (Å²) in [7, 11) is 1.36. The van der Waals surface area contributed by atoms with Gasteiger partial charge in [-0.15, -0.1) is 0 Å². The average molecular weight is 406 g/mol. The zero-order valence-corrected chi connectivity index (χ0v) is 16.3. The molecule has 0 fully saturated rings. The highest BCUT2D eigenvalue weighted by Gasteiger charge is 2.16. The number of rotatable bonds is 8. The highest BCUT2D eigenvalue weighted by Crippen LogP contribution is 2.22. The Morgan fingerprint density at radius 1 is 1.23 bits per heavy atom. The Morgan fingerprint density at radius 3 is 2.77 bits per heavy atom. The normalized spacial score (nSPS) is 10.8. The van der Waals surface area contributed by atoms with Crippen LogP contribution in [-0.2, 0) is 16.1 Å². The molecule has 0 bridgehead atoms. The lowest BCUT2D eigenvalue weighted by Crippen LogP contribution is -2.12. The van der Waals surface area contributed by atoms with Crippen molar-refractivity contribution in [2.75, 3.05) is 13.7 Å². The first kappa shape index (κ1) is 20.8. The Balaban J connectivity index is 1.66. The number of hydrogen-bond acceptors (Lipinski definition) is 5. The summed E-state index contributed by atoms with van der Waals surface area (Å²) in [6.07, 6.45) is 4.51. The summed E-state index contributed by atoms with van der Waals surface area (Å²) in [5, 5.41) is 9.55. The van der Waals surface area contributed by atoms with E-state index in [1.54, 1.807) is 12.3 Å². The first-order chi connectivity index (χ1) is 14.5. The van der Waals surface area contributed by atoms with Crippen LogP contribution in [-0.4, -0.2) is 30.0 Å². The lowest BCUT2D eigenvalue weighted by Gasteiger charge is -2.02. The summed E-state index contributed by atoms with van der Waals surface area (Å²) in [5.41, 5.74) is 1.72. The molecule has 0 aliphatic carbocycles. The number of carbonyl (C=O) groups is 2. The number of methoxy groups -OCH3 is 1. The monoisotopic (exact) mass is 406 g/mol. The van der Waals surface area contributed by atoms with Crippen molar-refractivity contribution in [2.24, 2.45) is 0 Å². The van der Waals surface area contributed by atoms with Crippen LogP contribution < -0.4 is 4.74 Å². The fourth-order valence-electron chi connectivity index (χ4n) is 3.04. The van der Waals surface area contributed by atoms with Gasteiger partial charge in [-0.2, -0.15) is 5.26 Å². The van der Waals surface area contributed by atoms with Gasteiger partial charge in [-0.05, 0) is 29.8 Å². The first-order valence-electron chi connectivity index (χ1n) is 9.20. The fourth-order valence-corrected chi connectivity index (χ4v) is 3.04. The molecule has 1 aromatic heterocycles. The Kier molecular flexibility index (Phi) is 6.60. The van der Waals surface area contributed by atoms with Gasteiger partial charge >= 0.3 is 5.97 Å². The third-order valence-electron chi connectivity index (χ3n) is 4.49. The largest absolute Gasteiger partial charge is 0.494 e. The predicted molar refractivity (Wildman–Crippen MR) is 109 cm³/mol. The van der Waals surface area contributed by atoms with Gasteiger partial charge in [0.1, 0.15) is 0 Å². The number of fused-ring (bicyclic) bond motifs is 1. The Hall–Kier alpha value is -3.92. The minimum atomic E-state index is -0.715. The molecule has 0 aliphatic rings. The van der Waals surface area contributed by atoms with Crippen LogP contribution in [0.3, 0.4) is 0 Å². The van der Waals surface area contributed by atoms with Crippen LogP contribution in [0.4, 0.5) is 4.39 Å². The van der Waals surface area contributed by atoms with Crippen molar-refractivity contribution in [1.29, 1.82) is 5.26 Å². The number of ketones is 1. The van der Waals surface area contributed by atoms with E-state index in [4.69, 9.17) is 14.7 Å². The van der Waals surface area contributed by atoms with Crippen molar-refractivity contribution >= 4 is 28.7 Å². The number of halogens is 1. The average Bonchev–Trinajstić information content (AvgIpc) is 3.13. The van der Waals surface area contributed by atoms with Crippen molar-refractivity contribution < 1.29 is 23.5 Å². The number of aryl methyl sites for hydroxylation is 1. The minimum absolute atomic E-state index is 0.106. The molecule has 0 unspecified atom stereocenters. The lowest BCUT2D eigenvalue weighted by atomic mass is 10.1. The number of nitriles is 1. The van der Waals surface area contributed by atoms with Crippen molar-refractivity contribution in [2.45, 2.75) is 13.0 Å². The summed E-state index contributed by atoms with van der Waals surface area (Å²) in [6, 6.07) is 13.7. The van der Waals surface area contributed by atoms with E-state index in [-0.39, 0.29) is 11.5 Å². The number of carbonyl (C=O) groups excluding carboxylic acids is 2. The van der Waals surface area contributed by atoms with E-state index in [0.717, 1.165) is 17.0 Å². The topological polar surface area (TPSA) is 81.3 Å². The Morgan fingerprint density at radius 2 is 2.03 bits per heavy atom. The van der Waals surface area contributed by atoms with Crippen molar-refractivity contribution in [3.05, 3.63) is 71.7 Å². The maximum absolute atomic E-state index is 13.7. The summed E-state index contributed by atoms with van der Waals surface area (Å²) in [6.45, 7) is 0.0393. The van der Waals surface area contributed by atoms with E-state index in [0.29, 0.717) is 24.1 Å². The minimum Gasteiger partial charge on any atom is -0.494 e. The van der Waals surface area contributed by atoms with Crippen molar-refractivity contribution in [3.8, 4) is 11.8 Å². The number of nitrogens with zero attached hydrogens (tertiary/aromatic N) is 2. The third-order valence-corrected chi connectivity index (χ3v) is 4.49. The SMILES string of the molecule is COc1ccc(/C=C/C(=O)OCC(=O)c2cn(CCC#N)c3ccccc23)cc1F. The number of esters is 1. The van der Waals surface area contributed by atoms with E-state index < -0.39 is 18.4 Å². The molecular weight excluding hydrogens is 387 g/mol. The number of aromatic nitrogens is 1. The molecule has 0 atom stereocenters. The van der Waals surface area contributed by atoms with Gasteiger partial charge in [-0.3, -0.25) is 4.79 Å². The van der Waals surface area contributed by atoms with Crippen LogP contribution in [0.5, 0.6) is 5.75 Å². The zero-order chi connectivity index (χ0) is 21.5. The maximum Gasteiger partial charge on any atom is 0.331 e.